The lowest BCUT2D eigenvalue weighted by Crippen LogP contribution is -2.39. The summed E-state index contributed by atoms with van der Waals surface area (Å²) >= 11 is 0. The lowest BCUT2D eigenvalue weighted by atomic mass is 9.88. The molecule has 3 rings (SSSR count). The molecule has 0 radical (unpaired) electrons. The predicted molar refractivity (Wildman–Crippen MR) is 104 cm³/mol. The zero-order valence-electron chi connectivity index (χ0n) is 15.4. The van der Waals surface area contributed by atoms with Gasteiger partial charge in [0, 0.05) is 13.0 Å². The second kappa shape index (κ2) is 8.06. The molecule has 1 aliphatic rings. The highest BCUT2D eigenvalue weighted by molar-refractivity contribution is 7.89. The maximum Gasteiger partial charge on any atom is 0.303 e. The summed E-state index contributed by atoms with van der Waals surface area (Å²) in [7, 11) is -3.66. The van der Waals surface area contributed by atoms with Crippen LogP contribution in [0.1, 0.15) is 30.9 Å². The molecule has 0 unspecified atom stereocenters. The van der Waals surface area contributed by atoms with E-state index >= 15 is 0 Å². The SMILES string of the molecule is CC(=O)O[C@@H]1C=C(c2ccccc2)[C@H](NS(=O)(=O)c2ccc(C)cc2)CC1. The van der Waals surface area contributed by atoms with Gasteiger partial charge in [-0.3, -0.25) is 4.79 Å². The number of rotatable bonds is 5. The zero-order chi connectivity index (χ0) is 19.4. The van der Waals surface area contributed by atoms with Crippen molar-refractivity contribution in [1.82, 2.24) is 4.72 Å². The second-order valence-electron chi connectivity index (χ2n) is 6.70. The lowest BCUT2D eigenvalue weighted by molar-refractivity contribution is -0.144. The fourth-order valence-corrected chi connectivity index (χ4v) is 4.47. The van der Waals surface area contributed by atoms with Crippen molar-refractivity contribution in [1.29, 1.82) is 0 Å². The van der Waals surface area contributed by atoms with Gasteiger partial charge < -0.3 is 4.74 Å². The first-order valence-electron chi connectivity index (χ1n) is 8.88. The number of hydrogen-bond donors (Lipinski definition) is 1. The second-order valence-corrected chi connectivity index (χ2v) is 8.41. The van der Waals surface area contributed by atoms with E-state index in [2.05, 4.69) is 4.72 Å². The number of sulfonamides is 1. The first-order valence-corrected chi connectivity index (χ1v) is 10.4. The summed E-state index contributed by atoms with van der Waals surface area (Å²) in [5, 5.41) is 0. The first kappa shape index (κ1) is 19.3. The molecule has 0 heterocycles. The summed E-state index contributed by atoms with van der Waals surface area (Å²) < 4.78 is 33.8. The summed E-state index contributed by atoms with van der Waals surface area (Å²) in [5.74, 6) is -0.345. The van der Waals surface area contributed by atoms with Crippen LogP contribution in [0, 0.1) is 6.92 Å². The number of esters is 1. The lowest BCUT2D eigenvalue weighted by Gasteiger charge is -2.29. The topological polar surface area (TPSA) is 72.5 Å². The summed E-state index contributed by atoms with van der Waals surface area (Å²) in [6.07, 6.45) is 2.61. The normalized spacial score (nSPS) is 20.0. The highest BCUT2D eigenvalue weighted by Crippen LogP contribution is 2.30. The van der Waals surface area contributed by atoms with Crippen LogP contribution in [0.4, 0.5) is 0 Å². The number of nitrogens with one attached hydrogen (secondary N) is 1. The fourth-order valence-electron chi connectivity index (χ4n) is 3.22. The van der Waals surface area contributed by atoms with Gasteiger partial charge in [0.1, 0.15) is 6.10 Å². The Morgan fingerprint density at radius 3 is 2.33 bits per heavy atom. The quantitative estimate of drug-likeness (QED) is 0.800. The molecule has 142 valence electrons. The molecule has 0 aliphatic heterocycles. The molecule has 5 nitrogen and oxygen atoms in total. The molecule has 0 saturated carbocycles. The van der Waals surface area contributed by atoms with Crippen LogP contribution in [0.2, 0.25) is 0 Å². The minimum absolute atomic E-state index is 0.239. The van der Waals surface area contributed by atoms with Gasteiger partial charge in [-0.1, -0.05) is 48.0 Å². The number of aryl methyl sites for hydroxylation is 1. The Morgan fingerprint density at radius 2 is 1.70 bits per heavy atom. The van der Waals surface area contributed by atoms with Crippen LogP contribution < -0.4 is 4.72 Å². The third kappa shape index (κ3) is 4.84. The largest absolute Gasteiger partial charge is 0.458 e. The van der Waals surface area contributed by atoms with Crippen LogP contribution in [0.15, 0.2) is 65.6 Å². The van der Waals surface area contributed by atoms with E-state index in [1.165, 1.54) is 6.92 Å². The van der Waals surface area contributed by atoms with Crippen molar-refractivity contribution < 1.29 is 17.9 Å². The molecule has 6 heteroatoms. The van der Waals surface area contributed by atoms with Gasteiger partial charge in [-0.2, -0.15) is 0 Å². The van der Waals surface area contributed by atoms with Crippen LogP contribution in [0.25, 0.3) is 5.57 Å². The van der Waals surface area contributed by atoms with E-state index in [4.69, 9.17) is 4.74 Å². The molecular formula is C21H23NO4S. The van der Waals surface area contributed by atoms with Crippen LogP contribution >= 0.6 is 0 Å². The Bertz CT molecular complexity index is 934. The van der Waals surface area contributed by atoms with Crippen molar-refractivity contribution in [2.24, 2.45) is 0 Å². The van der Waals surface area contributed by atoms with Crippen LogP contribution in [-0.2, 0) is 19.6 Å². The summed E-state index contributed by atoms with van der Waals surface area (Å²) in [6, 6.07) is 15.9. The van der Waals surface area contributed by atoms with Gasteiger partial charge >= 0.3 is 5.97 Å². The van der Waals surface area contributed by atoms with Crippen molar-refractivity contribution in [3.05, 3.63) is 71.8 Å². The molecule has 0 aromatic heterocycles. The predicted octanol–water partition coefficient (Wildman–Crippen LogP) is 3.45. The van der Waals surface area contributed by atoms with Crippen LogP contribution in [-0.4, -0.2) is 26.5 Å². The smallest absolute Gasteiger partial charge is 0.303 e. The van der Waals surface area contributed by atoms with Crippen LogP contribution in [0.3, 0.4) is 0 Å². The zero-order valence-corrected chi connectivity index (χ0v) is 16.2. The average Bonchev–Trinajstić information content (AvgIpc) is 2.63. The number of hydrogen-bond acceptors (Lipinski definition) is 4. The van der Waals surface area contributed by atoms with Gasteiger partial charge in [-0.25, -0.2) is 13.1 Å². The van der Waals surface area contributed by atoms with Crippen molar-refractivity contribution in [3.8, 4) is 0 Å². The minimum atomic E-state index is -3.66. The summed E-state index contributed by atoms with van der Waals surface area (Å²) in [6.45, 7) is 3.29. The molecular weight excluding hydrogens is 362 g/mol. The van der Waals surface area contributed by atoms with Gasteiger partial charge in [0.25, 0.3) is 0 Å². The van der Waals surface area contributed by atoms with Crippen molar-refractivity contribution in [3.63, 3.8) is 0 Å². The Hall–Kier alpha value is -2.44. The average molecular weight is 385 g/mol. The van der Waals surface area contributed by atoms with Gasteiger partial charge in [0.05, 0.1) is 4.90 Å². The molecule has 0 fully saturated rings. The van der Waals surface area contributed by atoms with Crippen LogP contribution in [0.5, 0.6) is 0 Å². The fraction of sp³-hybridized carbons (Fsp3) is 0.286. The Morgan fingerprint density at radius 1 is 1.04 bits per heavy atom. The first-order chi connectivity index (χ1) is 12.8. The van der Waals surface area contributed by atoms with E-state index in [1.54, 1.807) is 24.3 Å². The summed E-state index contributed by atoms with van der Waals surface area (Å²) in [5.41, 5.74) is 2.73. The molecule has 0 saturated heterocycles. The van der Waals surface area contributed by atoms with E-state index in [9.17, 15) is 13.2 Å². The minimum Gasteiger partial charge on any atom is -0.458 e. The number of ether oxygens (including phenoxy) is 1. The van der Waals surface area contributed by atoms with E-state index in [0.29, 0.717) is 12.8 Å². The summed E-state index contributed by atoms with van der Waals surface area (Å²) in [4.78, 5) is 11.6. The van der Waals surface area contributed by atoms with E-state index in [1.807, 2.05) is 43.3 Å². The molecule has 2 aromatic carbocycles. The maximum atomic E-state index is 12.8. The molecule has 0 amide bonds. The molecule has 1 N–H and O–H groups in total. The Kier molecular flexibility index (Phi) is 5.77. The third-order valence-electron chi connectivity index (χ3n) is 4.53. The van der Waals surface area contributed by atoms with Gasteiger partial charge in [0.2, 0.25) is 10.0 Å². The van der Waals surface area contributed by atoms with E-state index in [0.717, 1.165) is 16.7 Å². The Labute approximate surface area is 160 Å². The standard InChI is InChI=1S/C21H23NO4S/c1-15-8-11-19(12-9-15)27(24,25)22-21-13-10-18(26-16(2)23)14-20(21)17-6-4-3-5-7-17/h3-9,11-12,14,18,21-22H,10,13H2,1-2H3/t18-,21+/m0/s1. The third-order valence-corrected chi connectivity index (χ3v) is 6.02. The monoisotopic (exact) mass is 385 g/mol. The number of benzene rings is 2. The molecule has 2 aromatic rings. The molecule has 0 spiro atoms. The van der Waals surface area contributed by atoms with Crippen molar-refractivity contribution in [2.45, 2.75) is 43.7 Å². The van der Waals surface area contributed by atoms with Crippen molar-refractivity contribution >= 4 is 21.6 Å². The van der Waals surface area contributed by atoms with Gasteiger partial charge in [-0.05, 0) is 49.1 Å². The van der Waals surface area contributed by atoms with Gasteiger partial charge in [-0.15, -0.1) is 0 Å². The van der Waals surface area contributed by atoms with E-state index < -0.39 is 10.0 Å². The number of carbonyl (C=O) groups is 1. The number of carbonyl (C=O) groups excluding carboxylic acids is 1. The molecule has 27 heavy (non-hydrogen) atoms. The Balaban J connectivity index is 1.91. The molecule has 1 aliphatic carbocycles. The highest BCUT2D eigenvalue weighted by Gasteiger charge is 2.29. The van der Waals surface area contributed by atoms with Crippen molar-refractivity contribution in [2.75, 3.05) is 0 Å². The molecule has 0 bridgehead atoms. The van der Waals surface area contributed by atoms with Gasteiger partial charge in [0.15, 0.2) is 0 Å². The maximum absolute atomic E-state index is 12.8. The van der Waals surface area contributed by atoms with E-state index in [-0.39, 0.29) is 23.0 Å². The highest BCUT2D eigenvalue weighted by atomic mass is 32.2. The molecule has 2 atom stereocenters.